The summed E-state index contributed by atoms with van der Waals surface area (Å²) in [5, 5.41) is 11.2. The fourth-order valence-corrected chi connectivity index (χ4v) is 0.589. The van der Waals surface area contributed by atoms with Gasteiger partial charge in [-0.2, -0.15) is 0 Å². The molecule has 0 aromatic carbocycles. The predicted molar refractivity (Wildman–Crippen MR) is 52.5 cm³/mol. The van der Waals surface area contributed by atoms with Crippen LogP contribution in [-0.4, -0.2) is 11.1 Å². The van der Waals surface area contributed by atoms with Gasteiger partial charge in [0.25, 0.3) is 0 Å². The van der Waals surface area contributed by atoms with Gasteiger partial charge in [-0.25, -0.2) is 4.79 Å². The van der Waals surface area contributed by atoms with E-state index in [1.54, 1.807) is 18.4 Å². The quantitative estimate of drug-likeness (QED) is 0.701. The van der Waals surface area contributed by atoms with Crippen LogP contribution in [0.3, 0.4) is 0 Å². The zero-order valence-electron chi connectivity index (χ0n) is 5.65. The second kappa shape index (κ2) is 4.95. The highest BCUT2D eigenvalue weighted by Crippen LogP contribution is 1.97. The van der Waals surface area contributed by atoms with Crippen molar-refractivity contribution in [3.05, 3.63) is 36.2 Å². The molecule has 0 aromatic rings. The van der Waals surface area contributed by atoms with E-state index in [1.807, 2.05) is 0 Å². The van der Waals surface area contributed by atoms with E-state index >= 15 is 0 Å². The van der Waals surface area contributed by atoms with E-state index in [2.05, 4.69) is 5.32 Å². The highest BCUT2D eigenvalue weighted by Gasteiger charge is 2.01. The van der Waals surface area contributed by atoms with Crippen LogP contribution in [0.2, 0.25) is 0 Å². The lowest BCUT2D eigenvalue weighted by atomic mass is 10.3. The molecule has 3 nitrogen and oxygen atoms in total. The number of nitrogens with one attached hydrogen (secondary N) is 1. The molecule has 1 rings (SSSR count). The molecular weight excluding hydrogens is 257 g/mol. The molecule has 2 N–H and O–H groups in total. The third-order valence-corrected chi connectivity index (χ3v) is 1.07. The molecule has 0 saturated carbocycles. The Balaban J connectivity index is 0.000001000. The van der Waals surface area contributed by atoms with E-state index in [4.69, 9.17) is 5.11 Å². The molecule has 0 fully saturated rings. The highest BCUT2D eigenvalue weighted by atomic mass is 127. The van der Waals surface area contributed by atoms with Crippen molar-refractivity contribution in [2.45, 2.75) is 0 Å². The fourth-order valence-electron chi connectivity index (χ4n) is 0.589. The van der Waals surface area contributed by atoms with Crippen LogP contribution in [0, 0.1) is 0 Å². The predicted octanol–water partition coefficient (Wildman–Crippen LogP) is 1.25. The molecule has 0 unspecified atom stereocenters. The Bertz CT molecular complexity index is 231. The number of halogens is 1. The summed E-state index contributed by atoms with van der Waals surface area (Å²) in [5.41, 5.74) is 0.255. The summed E-state index contributed by atoms with van der Waals surface area (Å²) in [6.07, 6.45) is 8.01. The van der Waals surface area contributed by atoms with Crippen molar-refractivity contribution >= 4 is 29.9 Å². The number of carboxylic acid groups (broad SMARTS) is 1. The first-order chi connectivity index (χ1) is 4.80. The smallest absolute Gasteiger partial charge is 0.337 e. The first-order valence-electron chi connectivity index (χ1n) is 2.83. The van der Waals surface area contributed by atoms with Crippen LogP contribution in [0.25, 0.3) is 0 Å². The van der Waals surface area contributed by atoms with Gasteiger partial charge in [0.15, 0.2) is 0 Å². The molecule has 1 heterocycles. The van der Waals surface area contributed by atoms with Gasteiger partial charge in [-0.3, -0.25) is 0 Å². The van der Waals surface area contributed by atoms with Crippen molar-refractivity contribution < 1.29 is 9.90 Å². The molecule has 0 atom stereocenters. The number of aliphatic carboxylic acids is 1. The summed E-state index contributed by atoms with van der Waals surface area (Å²) in [7, 11) is 0. The third-order valence-electron chi connectivity index (χ3n) is 1.07. The Labute approximate surface area is 81.5 Å². The van der Waals surface area contributed by atoms with Crippen molar-refractivity contribution in [2.24, 2.45) is 0 Å². The number of carboxylic acids is 1. The molecular formula is C7H8INO2. The van der Waals surface area contributed by atoms with Gasteiger partial charge in [-0.05, 0) is 12.2 Å². The molecule has 0 radical (unpaired) electrons. The van der Waals surface area contributed by atoms with Crippen molar-refractivity contribution in [3.8, 4) is 0 Å². The fraction of sp³-hybridized carbons (Fsp3) is 0. The maximum Gasteiger partial charge on any atom is 0.337 e. The Morgan fingerprint density at radius 1 is 1.45 bits per heavy atom. The lowest BCUT2D eigenvalue weighted by Gasteiger charge is -1.90. The van der Waals surface area contributed by atoms with Crippen LogP contribution in [0.4, 0.5) is 0 Å². The maximum absolute atomic E-state index is 10.3. The van der Waals surface area contributed by atoms with Gasteiger partial charge in [-0.15, -0.1) is 24.0 Å². The first-order valence-corrected chi connectivity index (χ1v) is 2.83. The monoisotopic (exact) mass is 265 g/mol. The summed E-state index contributed by atoms with van der Waals surface area (Å²) in [4.78, 5) is 10.3. The molecule has 0 aliphatic carbocycles. The minimum absolute atomic E-state index is 0. The Morgan fingerprint density at radius 2 is 2.18 bits per heavy atom. The van der Waals surface area contributed by atoms with Crippen molar-refractivity contribution in [2.75, 3.05) is 0 Å². The highest BCUT2D eigenvalue weighted by molar-refractivity contribution is 14.0. The van der Waals surface area contributed by atoms with E-state index in [1.165, 1.54) is 12.3 Å². The lowest BCUT2D eigenvalue weighted by Crippen LogP contribution is -2.01. The van der Waals surface area contributed by atoms with Crippen molar-refractivity contribution in [3.63, 3.8) is 0 Å². The molecule has 11 heavy (non-hydrogen) atoms. The van der Waals surface area contributed by atoms with Crippen molar-refractivity contribution in [1.29, 1.82) is 0 Å². The van der Waals surface area contributed by atoms with Crippen LogP contribution in [0.1, 0.15) is 0 Å². The maximum atomic E-state index is 10.3. The van der Waals surface area contributed by atoms with Gasteiger partial charge in [0.1, 0.15) is 0 Å². The molecule has 60 valence electrons. The van der Waals surface area contributed by atoms with Gasteiger partial charge in [0, 0.05) is 12.4 Å². The number of hydrogen-bond acceptors (Lipinski definition) is 2. The van der Waals surface area contributed by atoms with Gasteiger partial charge >= 0.3 is 5.97 Å². The molecule has 4 heteroatoms. The van der Waals surface area contributed by atoms with Gasteiger partial charge in [0.05, 0.1) is 5.57 Å². The Hall–Kier alpha value is -0.780. The zero-order chi connectivity index (χ0) is 7.40. The number of allylic oxidation sites excluding steroid dienone is 2. The standard InChI is InChI=1S/C7H7NO2.HI/c9-7(10)6-3-1-2-4-8-5-6;/h1-5,8H,(H,9,10);1H. The van der Waals surface area contributed by atoms with Crippen LogP contribution in [0.15, 0.2) is 36.2 Å². The average Bonchev–Trinajstić information content (AvgIpc) is 2.12. The molecule has 0 bridgehead atoms. The summed E-state index contributed by atoms with van der Waals surface area (Å²) in [6.45, 7) is 0. The summed E-state index contributed by atoms with van der Waals surface area (Å²) >= 11 is 0. The lowest BCUT2D eigenvalue weighted by molar-refractivity contribution is -0.132. The molecule has 0 aromatic heterocycles. The normalized spacial score (nSPS) is 14.0. The van der Waals surface area contributed by atoms with Gasteiger partial charge in [-0.1, -0.05) is 6.08 Å². The van der Waals surface area contributed by atoms with Crippen molar-refractivity contribution in [1.82, 2.24) is 5.32 Å². The minimum Gasteiger partial charge on any atom is -0.478 e. The number of rotatable bonds is 1. The Morgan fingerprint density at radius 3 is 2.82 bits per heavy atom. The van der Waals surface area contributed by atoms with Gasteiger partial charge in [0.2, 0.25) is 0 Å². The van der Waals surface area contributed by atoms with E-state index < -0.39 is 5.97 Å². The Kier molecular flexibility index (Phi) is 4.60. The molecule has 0 spiro atoms. The molecule has 1 aliphatic heterocycles. The second-order valence-corrected chi connectivity index (χ2v) is 1.79. The van der Waals surface area contributed by atoms with E-state index in [-0.39, 0.29) is 29.5 Å². The largest absolute Gasteiger partial charge is 0.478 e. The third kappa shape index (κ3) is 3.22. The van der Waals surface area contributed by atoms with Gasteiger partial charge < -0.3 is 10.4 Å². The van der Waals surface area contributed by atoms with Crippen LogP contribution < -0.4 is 5.32 Å². The van der Waals surface area contributed by atoms with Crippen LogP contribution in [-0.2, 0) is 4.79 Å². The summed E-state index contributed by atoms with van der Waals surface area (Å²) in [5.74, 6) is -0.924. The minimum atomic E-state index is -0.924. The summed E-state index contributed by atoms with van der Waals surface area (Å²) < 4.78 is 0. The van der Waals surface area contributed by atoms with Crippen LogP contribution >= 0.6 is 24.0 Å². The SMILES string of the molecule is I.O=C(O)C1=CNC=CC=C1. The molecule has 1 aliphatic rings. The summed E-state index contributed by atoms with van der Waals surface area (Å²) in [6, 6.07) is 0. The zero-order valence-corrected chi connectivity index (χ0v) is 7.98. The average molecular weight is 265 g/mol. The molecule has 0 amide bonds. The second-order valence-electron chi connectivity index (χ2n) is 1.79. The number of hydrogen-bond donors (Lipinski definition) is 2. The van der Waals surface area contributed by atoms with E-state index in [0.29, 0.717) is 0 Å². The van der Waals surface area contributed by atoms with Crippen LogP contribution in [0.5, 0.6) is 0 Å². The number of carbonyl (C=O) groups is 1. The molecule has 0 saturated heterocycles. The first kappa shape index (κ1) is 10.2. The van der Waals surface area contributed by atoms with E-state index in [9.17, 15) is 4.79 Å². The van der Waals surface area contributed by atoms with E-state index in [0.717, 1.165) is 0 Å². The topological polar surface area (TPSA) is 49.3 Å².